The van der Waals surface area contributed by atoms with Gasteiger partial charge in [0.05, 0.1) is 5.97 Å². The van der Waals surface area contributed by atoms with E-state index >= 15 is 0 Å². The molecule has 0 aliphatic heterocycles. The van der Waals surface area contributed by atoms with E-state index in [1.807, 2.05) is 6.92 Å². The maximum absolute atomic E-state index is 9.76. The fraction of sp³-hybridized carbons (Fsp3) is 0.556. The summed E-state index contributed by atoms with van der Waals surface area (Å²) in [5, 5.41) is 18.9. The van der Waals surface area contributed by atoms with Gasteiger partial charge in [0.25, 0.3) is 0 Å². The number of carbonyl (C=O) groups excluding carboxylic acids is 2. The minimum Gasteiger partial charge on any atom is -0.550 e. The Balaban J connectivity index is -0.000000177. The van der Waals surface area contributed by atoms with Crippen LogP contribution in [0.25, 0.3) is 0 Å². The summed E-state index contributed by atoms with van der Waals surface area (Å²) in [4.78, 5) is 18.9. The average Bonchev–Trinajstić information content (AvgIpc) is 2.05. The average molecular weight is 211 g/mol. The molecule has 0 fully saturated rings. The summed E-state index contributed by atoms with van der Waals surface area (Å²) >= 11 is 0. The molecule has 0 rings (SSSR count). The number of carboxylic acids is 2. The Kier molecular flexibility index (Phi) is 20.4. The van der Waals surface area contributed by atoms with Crippen molar-refractivity contribution in [2.75, 3.05) is 0 Å². The number of unbranched alkanes of at least 4 members (excludes halogenated alkanes) is 2. The quantitative estimate of drug-likeness (QED) is 0.326. The fourth-order valence-corrected chi connectivity index (χ4v) is 0.519. The number of hydrogen-bond acceptors (Lipinski definition) is 4. The van der Waals surface area contributed by atoms with Gasteiger partial charge < -0.3 is 19.8 Å². The van der Waals surface area contributed by atoms with E-state index in [0.717, 1.165) is 25.3 Å². The molecular formula is C9H14MgO4. The van der Waals surface area contributed by atoms with E-state index in [2.05, 4.69) is 6.58 Å². The second kappa shape index (κ2) is 14.9. The summed E-state index contributed by atoms with van der Waals surface area (Å²) in [6, 6.07) is 0. The summed E-state index contributed by atoms with van der Waals surface area (Å²) in [7, 11) is 0. The summed E-state index contributed by atoms with van der Waals surface area (Å²) in [5.41, 5.74) is 0. The number of hydrogen-bond donors (Lipinski definition) is 0. The molecule has 0 aromatic carbocycles. The Bertz CT molecular complexity index is 168. The first-order chi connectivity index (χ1) is 6.04. The minimum atomic E-state index is -1.23. The standard InChI is InChI=1S/C6H12O2.C3H4O2.Mg/c1-2-3-4-5-6(7)8;1-2-3(4)5;/h2-5H2,1H3,(H,7,8);2H,1H2,(H,4,5);/q;;+2/p-2. The van der Waals surface area contributed by atoms with Gasteiger partial charge in [0.2, 0.25) is 0 Å². The molecule has 0 bridgehead atoms. The monoisotopic (exact) mass is 210 g/mol. The molecule has 0 aromatic heterocycles. The van der Waals surface area contributed by atoms with Crippen molar-refractivity contribution in [1.29, 1.82) is 0 Å². The maximum Gasteiger partial charge on any atom is 2.00 e. The zero-order chi connectivity index (χ0) is 10.7. The Labute approximate surface area is 100 Å². The Morgan fingerprint density at radius 1 is 1.29 bits per heavy atom. The van der Waals surface area contributed by atoms with Crippen LogP contribution >= 0.6 is 0 Å². The Hall–Kier alpha value is -0.554. The largest absolute Gasteiger partial charge is 2.00 e. The number of carboxylic acid groups (broad SMARTS) is 2. The molecule has 14 heavy (non-hydrogen) atoms. The third kappa shape index (κ3) is 30.1. The van der Waals surface area contributed by atoms with Crippen molar-refractivity contribution in [3.8, 4) is 0 Å². The molecule has 0 aromatic rings. The zero-order valence-electron chi connectivity index (χ0n) is 8.45. The smallest absolute Gasteiger partial charge is 0.550 e. The predicted molar refractivity (Wildman–Crippen MR) is 50.1 cm³/mol. The van der Waals surface area contributed by atoms with E-state index in [-0.39, 0.29) is 29.5 Å². The molecule has 0 saturated carbocycles. The first-order valence-electron chi connectivity index (χ1n) is 4.07. The summed E-state index contributed by atoms with van der Waals surface area (Å²) in [6.45, 7) is 4.94. The van der Waals surface area contributed by atoms with Crippen molar-refractivity contribution in [2.24, 2.45) is 0 Å². The van der Waals surface area contributed by atoms with Gasteiger partial charge in [-0.15, -0.1) is 0 Å². The van der Waals surface area contributed by atoms with E-state index in [0.29, 0.717) is 0 Å². The zero-order valence-corrected chi connectivity index (χ0v) is 9.87. The first-order valence-corrected chi connectivity index (χ1v) is 4.07. The van der Waals surface area contributed by atoms with Crippen molar-refractivity contribution in [3.63, 3.8) is 0 Å². The van der Waals surface area contributed by atoms with Crippen LogP contribution in [0.3, 0.4) is 0 Å². The fourth-order valence-electron chi connectivity index (χ4n) is 0.519. The van der Waals surface area contributed by atoms with Gasteiger partial charge in [0, 0.05) is 5.97 Å². The topological polar surface area (TPSA) is 80.3 Å². The SMILES string of the molecule is C=CC(=O)[O-].CCCCCC(=O)[O-].[Mg+2]. The van der Waals surface area contributed by atoms with Crippen LogP contribution in [0.4, 0.5) is 0 Å². The Morgan fingerprint density at radius 3 is 1.93 bits per heavy atom. The van der Waals surface area contributed by atoms with Crippen LogP contribution < -0.4 is 10.2 Å². The normalized spacial score (nSPS) is 7.50. The molecule has 0 atom stereocenters. The molecule has 4 nitrogen and oxygen atoms in total. The summed E-state index contributed by atoms with van der Waals surface area (Å²) in [5.74, 6) is -2.16. The van der Waals surface area contributed by atoms with Crippen LogP contribution in [0.15, 0.2) is 12.7 Å². The molecule has 5 heteroatoms. The Morgan fingerprint density at radius 2 is 1.71 bits per heavy atom. The van der Waals surface area contributed by atoms with Gasteiger partial charge in [-0.2, -0.15) is 0 Å². The van der Waals surface area contributed by atoms with Crippen molar-refractivity contribution in [3.05, 3.63) is 12.7 Å². The molecule has 0 amide bonds. The van der Waals surface area contributed by atoms with Crippen LogP contribution in [0.1, 0.15) is 32.6 Å². The van der Waals surface area contributed by atoms with Crippen LogP contribution in [0, 0.1) is 0 Å². The van der Waals surface area contributed by atoms with Crippen molar-refractivity contribution < 1.29 is 19.8 Å². The van der Waals surface area contributed by atoms with E-state index in [1.54, 1.807) is 0 Å². The van der Waals surface area contributed by atoms with Crippen molar-refractivity contribution >= 4 is 35.0 Å². The number of rotatable bonds is 5. The van der Waals surface area contributed by atoms with E-state index in [1.165, 1.54) is 0 Å². The second-order valence-electron chi connectivity index (χ2n) is 2.35. The van der Waals surface area contributed by atoms with Crippen molar-refractivity contribution in [2.45, 2.75) is 32.6 Å². The molecule has 0 spiro atoms. The van der Waals surface area contributed by atoms with Crippen molar-refractivity contribution in [1.82, 2.24) is 0 Å². The maximum atomic E-state index is 9.76. The molecule has 0 N–H and O–H groups in total. The number of carbonyl (C=O) groups is 2. The third-order valence-electron chi connectivity index (χ3n) is 1.15. The van der Waals surface area contributed by atoms with E-state index in [4.69, 9.17) is 9.90 Å². The van der Waals surface area contributed by atoms with Gasteiger partial charge in [0.1, 0.15) is 0 Å². The van der Waals surface area contributed by atoms with Crippen LogP contribution in [-0.2, 0) is 9.59 Å². The molecule has 0 radical (unpaired) electrons. The minimum absolute atomic E-state index is 0. The molecule has 0 heterocycles. The third-order valence-corrected chi connectivity index (χ3v) is 1.15. The summed E-state index contributed by atoms with van der Waals surface area (Å²) in [6.07, 6.45) is 3.76. The van der Waals surface area contributed by atoms with Crippen LogP contribution in [0.5, 0.6) is 0 Å². The van der Waals surface area contributed by atoms with E-state index < -0.39 is 11.9 Å². The van der Waals surface area contributed by atoms with Crippen LogP contribution in [-0.4, -0.2) is 35.0 Å². The molecule has 0 unspecified atom stereocenters. The van der Waals surface area contributed by atoms with Gasteiger partial charge >= 0.3 is 23.1 Å². The number of aliphatic carboxylic acids is 2. The molecule has 0 saturated heterocycles. The van der Waals surface area contributed by atoms with E-state index in [9.17, 15) is 9.90 Å². The van der Waals surface area contributed by atoms with Gasteiger partial charge in [-0.25, -0.2) is 0 Å². The molecular weight excluding hydrogens is 196 g/mol. The molecule has 0 aliphatic carbocycles. The van der Waals surface area contributed by atoms with Gasteiger partial charge in [-0.1, -0.05) is 26.3 Å². The van der Waals surface area contributed by atoms with Gasteiger partial charge in [-0.3, -0.25) is 0 Å². The first kappa shape index (κ1) is 19.1. The molecule has 0 aliphatic rings. The van der Waals surface area contributed by atoms with Gasteiger partial charge in [-0.05, 0) is 18.9 Å². The van der Waals surface area contributed by atoms with Gasteiger partial charge in [0.15, 0.2) is 0 Å². The second-order valence-corrected chi connectivity index (χ2v) is 2.35. The summed E-state index contributed by atoms with van der Waals surface area (Å²) < 4.78 is 0. The predicted octanol–water partition coefficient (Wildman–Crippen LogP) is -1.14. The molecule has 76 valence electrons. The van der Waals surface area contributed by atoms with Crippen LogP contribution in [0.2, 0.25) is 0 Å².